The zero-order valence-corrected chi connectivity index (χ0v) is 20.0. The number of hydrogen-bond acceptors (Lipinski definition) is 8. The number of carbonyl (C=O) groups is 2. The van der Waals surface area contributed by atoms with Crippen LogP contribution in [-0.4, -0.2) is 54.1 Å². The zero-order valence-electron chi connectivity index (χ0n) is 19.2. The van der Waals surface area contributed by atoms with Crippen molar-refractivity contribution in [3.63, 3.8) is 0 Å². The number of ether oxygens (including phenoxy) is 4. The molecular weight excluding hydrogens is 464 g/mol. The van der Waals surface area contributed by atoms with Crippen LogP contribution in [0.3, 0.4) is 0 Å². The number of carbonyl (C=O) groups excluding carboxylic acids is 2. The van der Waals surface area contributed by atoms with E-state index in [1.54, 1.807) is 37.3 Å². The highest BCUT2D eigenvalue weighted by molar-refractivity contribution is 7.91. The minimum absolute atomic E-state index is 0.0276. The molecule has 1 aliphatic heterocycles. The second kappa shape index (κ2) is 10.5. The quantitative estimate of drug-likeness (QED) is 0.513. The van der Waals surface area contributed by atoms with Gasteiger partial charge in [-0.3, -0.25) is 0 Å². The van der Waals surface area contributed by atoms with Gasteiger partial charge in [-0.05, 0) is 36.8 Å². The topological polar surface area (TPSA) is 129 Å². The summed E-state index contributed by atoms with van der Waals surface area (Å²) in [6.07, 6.45) is 0. The van der Waals surface area contributed by atoms with Crippen molar-refractivity contribution >= 4 is 21.8 Å². The molecule has 0 bridgehead atoms. The summed E-state index contributed by atoms with van der Waals surface area (Å²) in [6.45, 7) is 1.69. The van der Waals surface area contributed by atoms with Crippen molar-refractivity contribution in [2.45, 2.75) is 17.9 Å². The minimum Gasteiger partial charge on any atom is -0.497 e. The summed E-state index contributed by atoms with van der Waals surface area (Å²) in [5, 5.41) is 5.14. The average molecular weight is 491 g/mol. The molecule has 0 fully saturated rings. The first-order valence-corrected chi connectivity index (χ1v) is 12.0. The number of urea groups is 1. The summed E-state index contributed by atoms with van der Waals surface area (Å²) in [4.78, 5) is 25.3. The number of nitrogens with one attached hydrogen (secondary N) is 2. The number of esters is 1. The molecular formula is C23H26N2O8S. The summed E-state index contributed by atoms with van der Waals surface area (Å²) >= 11 is 0. The van der Waals surface area contributed by atoms with E-state index >= 15 is 0 Å². The third-order valence-corrected chi connectivity index (χ3v) is 6.77. The van der Waals surface area contributed by atoms with Crippen molar-refractivity contribution in [1.82, 2.24) is 10.6 Å². The number of rotatable bonds is 9. The highest BCUT2D eigenvalue weighted by Crippen LogP contribution is 2.33. The normalized spacial score (nSPS) is 15.8. The van der Waals surface area contributed by atoms with Crippen LogP contribution < -0.4 is 24.8 Å². The van der Waals surface area contributed by atoms with Gasteiger partial charge in [-0.1, -0.05) is 12.1 Å². The predicted octanol–water partition coefficient (Wildman–Crippen LogP) is 2.36. The van der Waals surface area contributed by atoms with Gasteiger partial charge in [0.1, 0.15) is 22.1 Å². The van der Waals surface area contributed by atoms with Crippen molar-refractivity contribution < 1.29 is 37.0 Å². The molecule has 0 radical (unpaired) electrons. The van der Waals surface area contributed by atoms with Crippen LogP contribution in [0.5, 0.6) is 17.2 Å². The largest absolute Gasteiger partial charge is 0.497 e. The highest BCUT2D eigenvalue weighted by atomic mass is 32.2. The standard InChI is InChI=1S/C23H26N2O8S/c1-5-33-22(26)20-17(13-34(28,29)19-12-16(31-3)9-10-18(19)32-4)24-23(27)25-21(20)14-7-6-8-15(11-14)30-2/h6-12,21H,5,13H2,1-4H3,(H2,24,25,27)/t21-/m1/s1. The third-order valence-electron chi connectivity index (χ3n) is 5.12. The van der Waals surface area contributed by atoms with E-state index in [1.807, 2.05) is 0 Å². The molecule has 10 nitrogen and oxygen atoms in total. The van der Waals surface area contributed by atoms with Crippen LogP contribution in [0.25, 0.3) is 0 Å². The Balaban J connectivity index is 2.15. The first-order valence-electron chi connectivity index (χ1n) is 10.3. The van der Waals surface area contributed by atoms with Crippen molar-refractivity contribution in [1.29, 1.82) is 0 Å². The molecule has 0 aromatic heterocycles. The molecule has 0 aliphatic carbocycles. The maximum Gasteiger partial charge on any atom is 0.338 e. The number of amides is 2. The Hall–Kier alpha value is -3.73. The second-order valence-corrected chi connectivity index (χ2v) is 9.15. The van der Waals surface area contributed by atoms with Gasteiger partial charge in [0.25, 0.3) is 0 Å². The Morgan fingerprint density at radius 3 is 2.35 bits per heavy atom. The Labute approximate surface area is 197 Å². The highest BCUT2D eigenvalue weighted by Gasteiger charge is 2.36. The second-order valence-electron chi connectivity index (χ2n) is 7.20. The number of methoxy groups -OCH3 is 3. The molecule has 2 amide bonds. The van der Waals surface area contributed by atoms with Gasteiger partial charge in [-0.2, -0.15) is 0 Å². The molecule has 1 aliphatic rings. The number of sulfone groups is 1. The first-order chi connectivity index (χ1) is 16.2. The van der Waals surface area contributed by atoms with Crippen LogP contribution in [0, 0.1) is 0 Å². The van der Waals surface area contributed by atoms with Gasteiger partial charge in [-0.15, -0.1) is 0 Å². The fraction of sp³-hybridized carbons (Fsp3) is 0.304. The SMILES string of the molecule is CCOC(=O)C1=C(CS(=O)(=O)c2cc(OC)ccc2OC)NC(=O)N[C@@H]1c1cccc(OC)c1. The molecule has 1 heterocycles. The lowest BCUT2D eigenvalue weighted by molar-refractivity contribution is -0.139. The van der Waals surface area contributed by atoms with Crippen molar-refractivity contribution in [2.24, 2.45) is 0 Å². The van der Waals surface area contributed by atoms with E-state index < -0.39 is 33.6 Å². The van der Waals surface area contributed by atoms with Gasteiger partial charge in [0.15, 0.2) is 9.84 Å². The van der Waals surface area contributed by atoms with E-state index in [1.165, 1.54) is 33.5 Å². The smallest absolute Gasteiger partial charge is 0.338 e. The van der Waals surface area contributed by atoms with E-state index in [9.17, 15) is 18.0 Å². The lowest BCUT2D eigenvalue weighted by Gasteiger charge is -2.29. The maximum atomic E-state index is 13.4. The van der Waals surface area contributed by atoms with Crippen molar-refractivity contribution in [3.05, 3.63) is 59.3 Å². The molecule has 0 unspecified atom stereocenters. The van der Waals surface area contributed by atoms with Crippen LogP contribution in [0.15, 0.2) is 58.6 Å². The molecule has 2 aromatic rings. The Bertz CT molecular complexity index is 1220. The molecule has 2 aromatic carbocycles. The predicted molar refractivity (Wildman–Crippen MR) is 123 cm³/mol. The summed E-state index contributed by atoms with van der Waals surface area (Å²) in [6, 6.07) is 9.47. The summed E-state index contributed by atoms with van der Waals surface area (Å²) in [5.41, 5.74) is 0.395. The van der Waals surface area contributed by atoms with Gasteiger partial charge in [-0.25, -0.2) is 18.0 Å². The monoisotopic (exact) mass is 490 g/mol. The fourth-order valence-electron chi connectivity index (χ4n) is 3.55. The fourth-order valence-corrected chi connectivity index (χ4v) is 5.06. The lowest BCUT2D eigenvalue weighted by Crippen LogP contribution is -2.47. The van der Waals surface area contributed by atoms with Crippen LogP contribution in [0.1, 0.15) is 18.5 Å². The van der Waals surface area contributed by atoms with Gasteiger partial charge in [0.05, 0.1) is 45.3 Å². The molecule has 2 N–H and O–H groups in total. The molecule has 0 saturated heterocycles. The Morgan fingerprint density at radius 2 is 1.71 bits per heavy atom. The molecule has 0 spiro atoms. The van der Waals surface area contributed by atoms with Gasteiger partial charge < -0.3 is 29.6 Å². The molecule has 34 heavy (non-hydrogen) atoms. The molecule has 1 atom stereocenters. The maximum absolute atomic E-state index is 13.4. The van der Waals surface area contributed by atoms with E-state index in [-0.39, 0.29) is 28.5 Å². The molecule has 0 saturated carbocycles. The van der Waals surface area contributed by atoms with Gasteiger partial charge in [0, 0.05) is 11.8 Å². The average Bonchev–Trinajstić information content (AvgIpc) is 2.83. The van der Waals surface area contributed by atoms with Crippen LogP contribution >= 0.6 is 0 Å². The van der Waals surface area contributed by atoms with E-state index in [0.29, 0.717) is 17.1 Å². The number of benzene rings is 2. The van der Waals surface area contributed by atoms with E-state index in [4.69, 9.17) is 18.9 Å². The van der Waals surface area contributed by atoms with Gasteiger partial charge in [0.2, 0.25) is 0 Å². The molecule has 3 rings (SSSR count). The zero-order chi connectivity index (χ0) is 24.9. The summed E-state index contributed by atoms with van der Waals surface area (Å²) in [5.74, 6) is -0.529. The Kier molecular flexibility index (Phi) is 7.67. The molecule has 182 valence electrons. The van der Waals surface area contributed by atoms with Crippen LogP contribution in [0.2, 0.25) is 0 Å². The van der Waals surface area contributed by atoms with Crippen molar-refractivity contribution in [2.75, 3.05) is 33.7 Å². The summed E-state index contributed by atoms with van der Waals surface area (Å²) < 4.78 is 47.6. The number of hydrogen-bond donors (Lipinski definition) is 2. The third kappa shape index (κ3) is 5.25. The minimum atomic E-state index is -4.10. The molecule has 11 heteroatoms. The van der Waals surface area contributed by atoms with Crippen molar-refractivity contribution in [3.8, 4) is 17.2 Å². The van der Waals surface area contributed by atoms with Crippen LogP contribution in [0.4, 0.5) is 4.79 Å². The first kappa shape index (κ1) is 24.9. The van der Waals surface area contributed by atoms with E-state index in [2.05, 4.69) is 10.6 Å². The lowest BCUT2D eigenvalue weighted by atomic mass is 9.95. The van der Waals surface area contributed by atoms with Gasteiger partial charge >= 0.3 is 12.0 Å². The van der Waals surface area contributed by atoms with E-state index in [0.717, 1.165) is 0 Å². The Morgan fingerprint density at radius 1 is 1.00 bits per heavy atom. The summed E-state index contributed by atoms with van der Waals surface area (Å²) in [7, 11) is 0.142. The van der Waals surface area contributed by atoms with Crippen LogP contribution in [-0.2, 0) is 19.4 Å².